The summed E-state index contributed by atoms with van der Waals surface area (Å²) in [5.74, 6) is 0. The zero-order chi connectivity index (χ0) is 21.1. The van der Waals surface area contributed by atoms with Gasteiger partial charge in [0.05, 0.1) is 16.2 Å². The molecule has 0 bridgehead atoms. The minimum Gasteiger partial charge on any atom is -0.748 e. The van der Waals surface area contributed by atoms with E-state index in [4.69, 9.17) is 0 Å². The van der Waals surface area contributed by atoms with Crippen molar-refractivity contribution >= 4 is 10.1 Å². The summed E-state index contributed by atoms with van der Waals surface area (Å²) >= 11 is 0. The molecule has 0 aromatic carbocycles. The fraction of sp³-hybridized carbons (Fsp3) is 1.00. The largest absolute Gasteiger partial charge is 1.00 e. The molecule has 0 aliphatic rings. The summed E-state index contributed by atoms with van der Waals surface area (Å²) in [6.45, 7) is 4.01. The van der Waals surface area contributed by atoms with Crippen molar-refractivity contribution in [1.82, 2.24) is 0 Å². The van der Waals surface area contributed by atoms with Crippen molar-refractivity contribution in [3.63, 3.8) is 0 Å². The third kappa shape index (κ3) is 21.9. The summed E-state index contributed by atoms with van der Waals surface area (Å²) in [6.07, 6.45) is 20.8. The molecule has 0 radical (unpaired) electrons. The Hall–Kier alpha value is 0.870. The molecule has 6 heteroatoms. The predicted molar refractivity (Wildman–Crippen MR) is 119 cm³/mol. The Morgan fingerprint density at radius 3 is 1.34 bits per heavy atom. The fourth-order valence-electron chi connectivity index (χ4n) is 3.85. The molecule has 0 aliphatic carbocycles. The second-order valence-corrected chi connectivity index (χ2v) is 10.1. The molecule has 0 rings (SSSR count). The molecule has 0 aliphatic heterocycles. The van der Waals surface area contributed by atoms with Gasteiger partial charge in [0.2, 0.25) is 0 Å². The zero-order valence-corrected chi connectivity index (χ0v) is 22.5. The van der Waals surface area contributed by atoms with Gasteiger partial charge in [0.25, 0.3) is 0 Å². The van der Waals surface area contributed by atoms with Crippen molar-refractivity contribution in [3.8, 4) is 0 Å². The van der Waals surface area contributed by atoms with E-state index in [0.717, 1.165) is 38.5 Å². The van der Waals surface area contributed by atoms with Crippen LogP contribution in [0.2, 0.25) is 0 Å². The van der Waals surface area contributed by atoms with Crippen molar-refractivity contribution < 1.29 is 47.6 Å². The zero-order valence-electron chi connectivity index (χ0n) is 19.7. The van der Waals surface area contributed by atoms with Crippen molar-refractivity contribution in [2.24, 2.45) is 0 Å². The number of unbranched alkanes of at least 4 members (excludes halogenated alkanes) is 13. The van der Waals surface area contributed by atoms with Crippen LogP contribution in [0, 0.1) is 0 Å². The minimum absolute atomic E-state index is 0. The monoisotopic (exact) mass is 442 g/mol. The van der Waals surface area contributed by atoms with E-state index in [1.165, 1.54) is 70.6 Å². The predicted octanol–water partition coefficient (Wildman–Crippen LogP) is 3.72. The van der Waals surface area contributed by atoms with Gasteiger partial charge < -0.3 is 9.66 Å². The van der Waals surface area contributed by atoms with E-state index in [2.05, 4.69) is 6.92 Å². The SMILES string of the molecule is CCCCCCCCCC(O)CCCCCCCCCCC(CC)S(=O)(=O)[O-].[Na+]. The summed E-state index contributed by atoms with van der Waals surface area (Å²) < 4.78 is 33.1. The molecule has 0 saturated heterocycles. The summed E-state index contributed by atoms with van der Waals surface area (Å²) in [5, 5.41) is 9.35. The van der Waals surface area contributed by atoms with Gasteiger partial charge in [-0.3, -0.25) is 0 Å². The van der Waals surface area contributed by atoms with Crippen LogP contribution in [0.4, 0.5) is 0 Å². The van der Waals surface area contributed by atoms with Gasteiger partial charge in [0.1, 0.15) is 0 Å². The Balaban J connectivity index is 0. The molecule has 0 spiro atoms. The topological polar surface area (TPSA) is 77.4 Å². The van der Waals surface area contributed by atoms with E-state index < -0.39 is 15.4 Å². The van der Waals surface area contributed by atoms with Gasteiger partial charge in [0, 0.05) is 5.25 Å². The van der Waals surface area contributed by atoms with Gasteiger partial charge in [-0.2, -0.15) is 0 Å². The molecule has 0 fully saturated rings. The number of hydrogen-bond acceptors (Lipinski definition) is 4. The first-order chi connectivity index (χ1) is 13.4. The molecule has 0 amide bonds. The van der Waals surface area contributed by atoms with Crippen LogP contribution in [0.3, 0.4) is 0 Å². The van der Waals surface area contributed by atoms with Gasteiger partial charge >= 0.3 is 29.6 Å². The van der Waals surface area contributed by atoms with Gasteiger partial charge in [0.15, 0.2) is 0 Å². The maximum absolute atomic E-state index is 11.0. The number of aliphatic hydroxyl groups excluding tert-OH is 1. The molecule has 0 aromatic heterocycles. The fourth-order valence-corrected chi connectivity index (χ4v) is 4.71. The van der Waals surface area contributed by atoms with Crippen LogP contribution in [0.15, 0.2) is 0 Å². The van der Waals surface area contributed by atoms with Crippen molar-refractivity contribution in [1.29, 1.82) is 0 Å². The summed E-state index contributed by atoms with van der Waals surface area (Å²) in [4.78, 5) is 0. The third-order valence-corrected chi connectivity index (χ3v) is 7.20. The Labute approximate surface area is 204 Å². The van der Waals surface area contributed by atoms with Gasteiger partial charge in [-0.25, -0.2) is 8.42 Å². The molecule has 4 nitrogen and oxygen atoms in total. The smallest absolute Gasteiger partial charge is 0.748 e. The summed E-state index contributed by atoms with van der Waals surface area (Å²) in [7, 11) is -4.11. The number of hydrogen-bond donors (Lipinski definition) is 1. The Morgan fingerprint density at radius 1 is 0.655 bits per heavy atom. The maximum Gasteiger partial charge on any atom is 1.00 e. The van der Waals surface area contributed by atoms with Crippen LogP contribution in [0.5, 0.6) is 0 Å². The van der Waals surface area contributed by atoms with Gasteiger partial charge in [-0.1, -0.05) is 110 Å². The van der Waals surface area contributed by atoms with Gasteiger partial charge in [-0.15, -0.1) is 0 Å². The average Bonchev–Trinajstić information content (AvgIpc) is 2.64. The first-order valence-electron chi connectivity index (χ1n) is 12.0. The van der Waals surface area contributed by atoms with E-state index in [9.17, 15) is 18.1 Å². The molecule has 29 heavy (non-hydrogen) atoms. The van der Waals surface area contributed by atoms with E-state index >= 15 is 0 Å². The number of rotatable bonds is 21. The Kier molecular flexibility index (Phi) is 24.4. The van der Waals surface area contributed by atoms with Crippen LogP contribution in [0.25, 0.3) is 0 Å². The van der Waals surface area contributed by atoms with E-state index in [1.54, 1.807) is 6.92 Å². The second-order valence-electron chi connectivity index (χ2n) is 8.49. The third-order valence-electron chi connectivity index (χ3n) is 5.82. The molecular formula is C23H47NaO4S. The van der Waals surface area contributed by atoms with Crippen molar-refractivity contribution in [2.75, 3.05) is 0 Å². The molecule has 2 atom stereocenters. The average molecular weight is 443 g/mol. The Morgan fingerprint density at radius 2 is 1.00 bits per heavy atom. The van der Waals surface area contributed by atoms with Crippen molar-refractivity contribution in [3.05, 3.63) is 0 Å². The number of aliphatic hydroxyl groups is 1. The molecule has 0 saturated carbocycles. The van der Waals surface area contributed by atoms with E-state index in [-0.39, 0.29) is 35.7 Å². The normalized spacial score (nSPS) is 13.8. The maximum atomic E-state index is 11.0. The van der Waals surface area contributed by atoms with Crippen molar-refractivity contribution in [2.45, 2.75) is 147 Å². The molecule has 0 aromatic rings. The van der Waals surface area contributed by atoms with Crippen LogP contribution in [-0.2, 0) is 10.1 Å². The Bertz CT molecular complexity index is 429. The molecular weight excluding hydrogens is 395 g/mol. The minimum atomic E-state index is -4.11. The van der Waals surface area contributed by atoms with Crippen LogP contribution in [0.1, 0.15) is 136 Å². The van der Waals surface area contributed by atoms with Crippen LogP contribution >= 0.6 is 0 Å². The quantitative estimate of drug-likeness (QED) is 0.167. The van der Waals surface area contributed by atoms with Crippen LogP contribution in [-0.4, -0.2) is 29.4 Å². The standard InChI is InChI=1S/C23H48O4S.Na/c1-3-5-6-7-10-13-16-19-22(24)20-17-14-11-8-9-12-15-18-21-23(4-2)28(25,26)27;/h22-24H,3-21H2,1-2H3,(H,25,26,27);/q;+1/p-1. The first kappa shape index (κ1) is 32.1. The summed E-state index contributed by atoms with van der Waals surface area (Å²) in [5.41, 5.74) is 0. The second kappa shape index (κ2) is 22.1. The molecule has 170 valence electrons. The first-order valence-corrected chi connectivity index (χ1v) is 13.5. The summed E-state index contributed by atoms with van der Waals surface area (Å²) in [6, 6.07) is 0. The molecule has 2 unspecified atom stereocenters. The molecule has 1 N–H and O–H groups in total. The van der Waals surface area contributed by atoms with E-state index in [0.29, 0.717) is 12.8 Å². The van der Waals surface area contributed by atoms with Crippen LogP contribution < -0.4 is 29.6 Å². The van der Waals surface area contributed by atoms with Gasteiger partial charge in [-0.05, 0) is 25.7 Å². The molecule has 0 heterocycles. The van der Waals surface area contributed by atoms with E-state index in [1.807, 2.05) is 0 Å².